The summed E-state index contributed by atoms with van der Waals surface area (Å²) in [6.45, 7) is 3.85. The van der Waals surface area contributed by atoms with E-state index in [0.717, 1.165) is 16.7 Å². The van der Waals surface area contributed by atoms with Gasteiger partial charge in [-0.05, 0) is 43.7 Å². The lowest BCUT2D eigenvalue weighted by Gasteiger charge is -2.29. The first kappa shape index (κ1) is 25.6. The van der Waals surface area contributed by atoms with Crippen LogP contribution in [0.15, 0.2) is 72.9 Å². The lowest BCUT2D eigenvalue weighted by molar-refractivity contribution is -0.145. The standard InChI is InChI=1S/C28H31N3O4/c1-19-14-20(2)16-22(15-19)27(33)31(3)25(17-21-10-6-5-7-11-21)26(32)30-24(28(34)35-4)18-23-12-8-9-13-29-23/h5-16,24-25H,17-18H2,1-4H3,(H,30,32)/t24-,25-/m1/s1. The first-order valence-corrected chi connectivity index (χ1v) is 11.5. The number of hydrogen-bond acceptors (Lipinski definition) is 5. The molecule has 1 N–H and O–H groups in total. The summed E-state index contributed by atoms with van der Waals surface area (Å²) in [4.78, 5) is 45.1. The van der Waals surface area contributed by atoms with Crippen molar-refractivity contribution in [1.29, 1.82) is 0 Å². The number of likely N-dealkylation sites (N-methyl/N-ethyl adjacent to an activating group) is 1. The van der Waals surface area contributed by atoms with Crippen molar-refractivity contribution < 1.29 is 19.1 Å². The van der Waals surface area contributed by atoms with E-state index in [2.05, 4.69) is 10.3 Å². The van der Waals surface area contributed by atoms with Crippen molar-refractivity contribution in [2.45, 2.75) is 38.8 Å². The summed E-state index contributed by atoms with van der Waals surface area (Å²) in [7, 11) is 2.89. The highest BCUT2D eigenvalue weighted by molar-refractivity contribution is 5.98. The maximum atomic E-state index is 13.5. The number of rotatable bonds is 9. The molecule has 3 aromatic rings. The Morgan fingerprint density at radius 2 is 1.60 bits per heavy atom. The second-order valence-electron chi connectivity index (χ2n) is 8.61. The van der Waals surface area contributed by atoms with Crippen molar-refractivity contribution >= 4 is 17.8 Å². The molecular formula is C28H31N3O4. The van der Waals surface area contributed by atoms with E-state index in [1.165, 1.54) is 12.0 Å². The molecule has 0 fully saturated rings. The van der Waals surface area contributed by atoms with E-state index in [-0.39, 0.29) is 18.7 Å². The second kappa shape index (κ2) is 11.9. The van der Waals surface area contributed by atoms with E-state index in [1.54, 1.807) is 25.4 Å². The normalized spacial score (nSPS) is 12.3. The SMILES string of the molecule is COC(=O)[C@@H](Cc1ccccn1)NC(=O)[C@@H](Cc1ccccc1)N(C)C(=O)c1cc(C)cc(C)c1. The van der Waals surface area contributed by atoms with Crippen LogP contribution in [-0.4, -0.2) is 53.9 Å². The van der Waals surface area contributed by atoms with Crippen LogP contribution in [0.3, 0.4) is 0 Å². The molecule has 0 aliphatic heterocycles. The van der Waals surface area contributed by atoms with Gasteiger partial charge in [0.05, 0.1) is 7.11 Å². The van der Waals surface area contributed by atoms with Crippen molar-refractivity contribution in [2.75, 3.05) is 14.2 Å². The first-order chi connectivity index (χ1) is 16.8. The number of amides is 2. The number of esters is 1. The van der Waals surface area contributed by atoms with Gasteiger partial charge in [-0.25, -0.2) is 4.79 Å². The molecule has 182 valence electrons. The molecule has 0 spiro atoms. The number of nitrogens with zero attached hydrogens (tertiary/aromatic N) is 2. The molecule has 2 aromatic carbocycles. The van der Waals surface area contributed by atoms with Crippen molar-refractivity contribution in [3.05, 3.63) is 101 Å². The number of carbonyl (C=O) groups is 3. The number of ether oxygens (including phenoxy) is 1. The second-order valence-corrected chi connectivity index (χ2v) is 8.61. The van der Waals surface area contributed by atoms with Gasteiger partial charge in [-0.2, -0.15) is 0 Å². The Bertz CT molecular complexity index is 1150. The van der Waals surface area contributed by atoms with Crippen LogP contribution in [0.4, 0.5) is 0 Å². The summed E-state index contributed by atoms with van der Waals surface area (Å²) in [6.07, 6.45) is 2.09. The minimum Gasteiger partial charge on any atom is -0.467 e. The molecule has 0 radical (unpaired) electrons. The molecule has 3 rings (SSSR count). The molecule has 0 aliphatic carbocycles. The summed E-state index contributed by atoms with van der Waals surface area (Å²) in [5.41, 5.74) is 3.97. The molecule has 0 unspecified atom stereocenters. The van der Waals surface area contributed by atoms with Crippen LogP contribution < -0.4 is 5.32 Å². The molecule has 0 saturated carbocycles. The van der Waals surface area contributed by atoms with Crippen LogP contribution in [0, 0.1) is 13.8 Å². The molecule has 2 atom stereocenters. The monoisotopic (exact) mass is 473 g/mol. The minimum absolute atomic E-state index is 0.173. The highest BCUT2D eigenvalue weighted by atomic mass is 16.5. The van der Waals surface area contributed by atoms with E-state index in [9.17, 15) is 14.4 Å². The third-order valence-electron chi connectivity index (χ3n) is 5.77. The van der Waals surface area contributed by atoms with Crippen LogP contribution in [0.25, 0.3) is 0 Å². The topological polar surface area (TPSA) is 88.6 Å². The van der Waals surface area contributed by atoms with Gasteiger partial charge in [0.1, 0.15) is 12.1 Å². The van der Waals surface area contributed by atoms with Gasteiger partial charge in [0.25, 0.3) is 5.91 Å². The Morgan fingerprint density at radius 3 is 2.20 bits per heavy atom. The molecule has 1 aromatic heterocycles. The van der Waals surface area contributed by atoms with Gasteiger partial charge in [0.2, 0.25) is 5.91 Å². The Kier molecular flexibility index (Phi) is 8.73. The van der Waals surface area contributed by atoms with Gasteiger partial charge in [-0.1, -0.05) is 53.6 Å². The minimum atomic E-state index is -0.939. The number of aryl methyl sites for hydroxylation is 2. The molecule has 7 heteroatoms. The van der Waals surface area contributed by atoms with Gasteiger partial charge in [-0.3, -0.25) is 14.6 Å². The highest BCUT2D eigenvalue weighted by Gasteiger charge is 2.32. The number of hydrogen-bond donors (Lipinski definition) is 1. The highest BCUT2D eigenvalue weighted by Crippen LogP contribution is 2.16. The molecular weight excluding hydrogens is 442 g/mol. The fourth-order valence-electron chi connectivity index (χ4n) is 4.02. The van der Waals surface area contributed by atoms with Gasteiger partial charge in [-0.15, -0.1) is 0 Å². The zero-order valence-corrected chi connectivity index (χ0v) is 20.5. The van der Waals surface area contributed by atoms with E-state index in [0.29, 0.717) is 11.3 Å². The summed E-state index contributed by atoms with van der Waals surface area (Å²) >= 11 is 0. The van der Waals surface area contributed by atoms with Crippen LogP contribution >= 0.6 is 0 Å². The van der Waals surface area contributed by atoms with E-state index < -0.39 is 24.0 Å². The van der Waals surface area contributed by atoms with Crippen molar-refractivity contribution in [3.8, 4) is 0 Å². The molecule has 0 bridgehead atoms. The first-order valence-electron chi connectivity index (χ1n) is 11.5. The average molecular weight is 474 g/mol. The van der Waals surface area contributed by atoms with E-state index in [1.807, 2.05) is 68.4 Å². The fourth-order valence-corrected chi connectivity index (χ4v) is 4.02. The van der Waals surface area contributed by atoms with Gasteiger partial charge >= 0.3 is 5.97 Å². The number of methoxy groups -OCH3 is 1. The Hall–Kier alpha value is -4.00. The zero-order chi connectivity index (χ0) is 25.4. The number of carbonyl (C=O) groups excluding carboxylic acids is 3. The largest absolute Gasteiger partial charge is 0.467 e. The molecule has 0 aliphatic rings. The molecule has 1 heterocycles. The van der Waals surface area contributed by atoms with Gasteiger partial charge < -0.3 is 15.0 Å². The number of pyridine rings is 1. The fraction of sp³-hybridized carbons (Fsp3) is 0.286. The van der Waals surface area contributed by atoms with E-state index in [4.69, 9.17) is 4.74 Å². The predicted octanol–water partition coefficient (Wildman–Crippen LogP) is 3.28. The van der Waals surface area contributed by atoms with Crippen LogP contribution in [0.2, 0.25) is 0 Å². The molecule has 2 amide bonds. The van der Waals surface area contributed by atoms with Crippen LogP contribution in [-0.2, 0) is 27.2 Å². The third-order valence-corrected chi connectivity index (χ3v) is 5.77. The molecule has 7 nitrogen and oxygen atoms in total. The smallest absolute Gasteiger partial charge is 0.328 e. The number of benzene rings is 2. The Balaban J connectivity index is 1.88. The molecule has 0 saturated heterocycles. The number of aromatic nitrogens is 1. The zero-order valence-electron chi connectivity index (χ0n) is 20.5. The maximum Gasteiger partial charge on any atom is 0.328 e. The Labute approximate surface area is 206 Å². The van der Waals surface area contributed by atoms with E-state index >= 15 is 0 Å². The maximum absolute atomic E-state index is 13.5. The number of nitrogens with one attached hydrogen (secondary N) is 1. The quantitative estimate of drug-likeness (QED) is 0.482. The van der Waals surface area contributed by atoms with Gasteiger partial charge in [0, 0.05) is 37.3 Å². The van der Waals surface area contributed by atoms with Crippen LogP contribution in [0.5, 0.6) is 0 Å². The lowest BCUT2D eigenvalue weighted by Crippen LogP contribution is -2.53. The molecule has 35 heavy (non-hydrogen) atoms. The van der Waals surface area contributed by atoms with Crippen molar-refractivity contribution in [2.24, 2.45) is 0 Å². The Morgan fingerprint density at radius 1 is 0.943 bits per heavy atom. The lowest BCUT2D eigenvalue weighted by atomic mass is 10.0. The third kappa shape index (κ3) is 6.99. The summed E-state index contributed by atoms with van der Waals surface area (Å²) in [6, 6.07) is 18.7. The van der Waals surface area contributed by atoms with Crippen LogP contribution in [0.1, 0.15) is 32.7 Å². The summed E-state index contributed by atoms with van der Waals surface area (Å²) in [5.74, 6) is -1.29. The average Bonchev–Trinajstić information content (AvgIpc) is 2.86. The predicted molar refractivity (Wildman–Crippen MR) is 134 cm³/mol. The summed E-state index contributed by atoms with van der Waals surface area (Å²) < 4.78 is 4.93. The van der Waals surface area contributed by atoms with Crippen molar-refractivity contribution in [3.63, 3.8) is 0 Å². The van der Waals surface area contributed by atoms with Crippen molar-refractivity contribution in [1.82, 2.24) is 15.2 Å². The van der Waals surface area contributed by atoms with Gasteiger partial charge in [0.15, 0.2) is 0 Å². The summed E-state index contributed by atoms with van der Waals surface area (Å²) in [5, 5.41) is 2.80.